The maximum Gasteiger partial charge on any atom is 0.249 e. The van der Waals surface area contributed by atoms with Gasteiger partial charge in [-0.3, -0.25) is 9.67 Å². The molecule has 9 nitrogen and oxygen atoms in total. The van der Waals surface area contributed by atoms with Crippen molar-refractivity contribution in [2.75, 3.05) is 6.54 Å². The molecule has 0 aliphatic carbocycles. The molecule has 0 radical (unpaired) electrons. The van der Waals surface area contributed by atoms with Crippen LogP contribution in [0.15, 0.2) is 40.0 Å². The summed E-state index contributed by atoms with van der Waals surface area (Å²) in [5.41, 5.74) is 1.29. The van der Waals surface area contributed by atoms with Crippen molar-refractivity contribution in [3.63, 3.8) is 0 Å². The van der Waals surface area contributed by atoms with E-state index in [0.29, 0.717) is 36.0 Å². The molecule has 26 heavy (non-hydrogen) atoms. The Bertz CT molecular complexity index is 1030. The average Bonchev–Trinajstić information content (AvgIpc) is 3.36. The second kappa shape index (κ2) is 6.29. The third-order valence-corrected chi connectivity index (χ3v) is 6.63. The van der Waals surface area contributed by atoms with Gasteiger partial charge in [0.25, 0.3) is 0 Å². The number of nitrogens with zero attached hydrogens (tertiary/aromatic N) is 6. The van der Waals surface area contributed by atoms with Crippen LogP contribution in [0.1, 0.15) is 30.5 Å². The lowest BCUT2D eigenvalue weighted by atomic mass is 10.2. The molecule has 1 fully saturated rings. The van der Waals surface area contributed by atoms with E-state index in [1.54, 1.807) is 37.1 Å². The predicted molar refractivity (Wildman–Crippen MR) is 91.3 cm³/mol. The second-order valence-corrected chi connectivity index (χ2v) is 8.04. The molecule has 1 atom stereocenters. The Balaban J connectivity index is 1.67. The van der Waals surface area contributed by atoms with Gasteiger partial charge in [-0.05, 0) is 31.9 Å². The van der Waals surface area contributed by atoms with Crippen molar-refractivity contribution >= 4 is 10.0 Å². The normalized spacial score (nSPS) is 18.5. The van der Waals surface area contributed by atoms with Crippen LogP contribution in [0.3, 0.4) is 0 Å². The zero-order valence-corrected chi connectivity index (χ0v) is 15.2. The molecule has 10 heteroatoms. The molecular formula is C16H18N6O3S. The number of rotatable bonds is 4. The van der Waals surface area contributed by atoms with Crippen molar-refractivity contribution in [3.8, 4) is 11.5 Å². The van der Waals surface area contributed by atoms with Crippen LogP contribution in [-0.4, -0.2) is 44.2 Å². The van der Waals surface area contributed by atoms with Gasteiger partial charge in [0.15, 0.2) is 0 Å². The number of aryl methyl sites for hydroxylation is 1. The van der Waals surface area contributed by atoms with E-state index in [1.807, 2.05) is 6.07 Å². The maximum absolute atomic E-state index is 13.1. The molecular weight excluding hydrogens is 356 g/mol. The Kier molecular flexibility index (Phi) is 4.08. The van der Waals surface area contributed by atoms with Crippen molar-refractivity contribution in [1.82, 2.24) is 29.3 Å². The number of sulfonamides is 1. The lowest BCUT2D eigenvalue weighted by Gasteiger charge is -2.21. The quantitative estimate of drug-likeness (QED) is 0.684. The van der Waals surface area contributed by atoms with Gasteiger partial charge in [-0.1, -0.05) is 0 Å². The molecule has 0 N–H and O–H groups in total. The van der Waals surface area contributed by atoms with E-state index in [1.165, 1.54) is 10.5 Å². The van der Waals surface area contributed by atoms with Crippen LogP contribution in [0.2, 0.25) is 0 Å². The van der Waals surface area contributed by atoms with Crippen LogP contribution in [0.5, 0.6) is 0 Å². The second-order valence-electron chi connectivity index (χ2n) is 6.18. The first-order chi connectivity index (χ1) is 12.5. The first-order valence-electron chi connectivity index (χ1n) is 8.22. The molecule has 4 heterocycles. The van der Waals surface area contributed by atoms with Gasteiger partial charge in [0.2, 0.25) is 21.8 Å². The van der Waals surface area contributed by atoms with Crippen molar-refractivity contribution in [1.29, 1.82) is 0 Å². The molecule has 3 aromatic rings. The number of aromatic nitrogens is 5. The zero-order chi connectivity index (χ0) is 18.3. The minimum Gasteiger partial charge on any atom is -0.419 e. The third-order valence-electron chi connectivity index (χ3n) is 4.61. The summed E-state index contributed by atoms with van der Waals surface area (Å²) >= 11 is 0. The predicted octanol–water partition coefficient (Wildman–Crippen LogP) is 1.70. The summed E-state index contributed by atoms with van der Waals surface area (Å²) in [5.74, 6) is 0.626. The van der Waals surface area contributed by atoms with Gasteiger partial charge in [0.05, 0.1) is 17.5 Å². The highest BCUT2D eigenvalue weighted by Gasteiger charge is 2.40. The lowest BCUT2D eigenvalue weighted by molar-refractivity contribution is 0.332. The fraction of sp³-hybridized carbons (Fsp3) is 0.375. The van der Waals surface area contributed by atoms with Gasteiger partial charge in [-0.2, -0.15) is 9.40 Å². The number of hydrogen-bond acceptors (Lipinski definition) is 7. The highest BCUT2D eigenvalue weighted by Crippen LogP contribution is 2.37. The number of hydrogen-bond donors (Lipinski definition) is 0. The van der Waals surface area contributed by atoms with Gasteiger partial charge >= 0.3 is 0 Å². The fourth-order valence-corrected chi connectivity index (χ4v) is 4.95. The molecule has 1 aliphatic heterocycles. The Hall–Kier alpha value is -2.59. The number of pyridine rings is 1. The Labute approximate surface area is 150 Å². The van der Waals surface area contributed by atoms with Gasteiger partial charge in [0.1, 0.15) is 10.9 Å². The molecule has 136 valence electrons. The summed E-state index contributed by atoms with van der Waals surface area (Å²) in [6, 6.07) is 3.11. The van der Waals surface area contributed by atoms with Gasteiger partial charge in [-0.25, -0.2) is 8.42 Å². The summed E-state index contributed by atoms with van der Waals surface area (Å²) in [4.78, 5) is 4.24. The minimum absolute atomic E-state index is 0.207. The van der Waals surface area contributed by atoms with Crippen molar-refractivity contribution < 1.29 is 12.8 Å². The fourth-order valence-electron chi connectivity index (χ4n) is 3.11. The Morgan fingerprint density at radius 3 is 2.81 bits per heavy atom. The van der Waals surface area contributed by atoms with Crippen LogP contribution in [0, 0.1) is 6.92 Å². The molecule has 4 rings (SSSR count). The van der Waals surface area contributed by atoms with E-state index in [2.05, 4.69) is 20.3 Å². The monoisotopic (exact) mass is 374 g/mol. The summed E-state index contributed by atoms with van der Waals surface area (Å²) < 4.78 is 34.9. The smallest absolute Gasteiger partial charge is 0.249 e. The van der Waals surface area contributed by atoms with Crippen LogP contribution in [0.25, 0.3) is 11.5 Å². The van der Waals surface area contributed by atoms with Crippen LogP contribution in [-0.2, 0) is 17.1 Å². The van der Waals surface area contributed by atoms with E-state index in [-0.39, 0.29) is 4.90 Å². The molecule has 0 amide bonds. The molecule has 0 saturated carbocycles. The SMILES string of the molecule is Cc1c(S(=O)(=O)N2CCCC2c2nnc(-c3cccnc3)o2)cnn1C. The van der Waals surface area contributed by atoms with E-state index in [0.717, 1.165) is 6.42 Å². The first kappa shape index (κ1) is 16.9. The molecule has 0 bridgehead atoms. The van der Waals surface area contributed by atoms with Gasteiger partial charge < -0.3 is 4.42 Å². The largest absolute Gasteiger partial charge is 0.419 e. The van der Waals surface area contributed by atoms with Crippen molar-refractivity contribution in [3.05, 3.63) is 42.3 Å². The van der Waals surface area contributed by atoms with Crippen LogP contribution >= 0.6 is 0 Å². The lowest BCUT2D eigenvalue weighted by Crippen LogP contribution is -2.31. The van der Waals surface area contributed by atoms with Crippen molar-refractivity contribution in [2.24, 2.45) is 7.05 Å². The molecule has 1 saturated heterocycles. The molecule has 3 aromatic heterocycles. The summed E-state index contributed by atoms with van der Waals surface area (Å²) in [7, 11) is -1.98. The van der Waals surface area contributed by atoms with E-state index in [9.17, 15) is 8.42 Å². The van der Waals surface area contributed by atoms with Crippen LogP contribution < -0.4 is 0 Å². The Morgan fingerprint density at radius 2 is 2.12 bits per heavy atom. The van der Waals surface area contributed by atoms with Crippen LogP contribution in [0.4, 0.5) is 0 Å². The maximum atomic E-state index is 13.1. The molecule has 1 aliphatic rings. The molecule has 1 unspecified atom stereocenters. The first-order valence-corrected chi connectivity index (χ1v) is 9.67. The van der Waals surface area contributed by atoms with Crippen molar-refractivity contribution in [2.45, 2.75) is 30.7 Å². The van der Waals surface area contributed by atoms with E-state index in [4.69, 9.17) is 4.42 Å². The summed E-state index contributed by atoms with van der Waals surface area (Å²) in [6.45, 7) is 2.14. The molecule has 0 aromatic carbocycles. The highest BCUT2D eigenvalue weighted by atomic mass is 32.2. The zero-order valence-electron chi connectivity index (χ0n) is 14.4. The Morgan fingerprint density at radius 1 is 1.27 bits per heavy atom. The average molecular weight is 374 g/mol. The van der Waals surface area contributed by atoms with Gasteiger partial charge in [-0.15, -0.1) is 10.2 Å². The summed E-state index contributed by atoms with van der Waals surface area (Å²) in [6.07, 6.45) is 6.03. The topological polar surface area (TPSA) is 107 Å². The summed E-state index contributed by atoms with van der Waals surface area (Å²) in [5, 5.41) is 12.2. The highest BCUT2D eigenvalue weighted by molar-refractivity contribution is 7.89. The van der Waals surface area contributed by atoms with Gasteiger partial charge in [0, 0.05) is 26.0 Å². The third kappa shape index (κ3) is 2.71. The minimum atomic E-state index is -3.69. The molecule has 0 spiro atoms. The van der Waals surface area contributed by atoms with E-state index >= 15 is 0 Å². The standard InChI is InChI=1S/C16H18N6O3S/c1-11-14(10-18-21(11)2)26(23,24)22-8-4-6-13(22)16-20-19-15(25-16)12-5-3-7-17-9-12/h3,5,7,9-10,13H,4,6,8H2,1-2H3. The van der Waals surface area contributed by atoms with E-state index < -0.39 is 16.1 Å².